The molecule has 0 unspecified atom stereocenters. The standard InChI is InChI=1S/C26H27NO6/c1-3-32-21-14-12-20(13-15-21)17-27(16-19-8-5-4-6-9-19)24(28)18-33-25-22(26(29)30)10-7-11-23(25)31-2/h4-15H,3,16-18H2,1-2H3,(H,29,30). The Morgan fingerprint density at radius 2 is 1.52 bits per heavy atom. The van der Waals surface area contributed by atoms with Crippen LogP contribution in [0.3, 0.4) is 0 Å². The maximum absolute atomic E-state index is 13.2. The zero-order valence-corrected chi connectivity index (χ0v) is 18.7. The lowest BCUT2D eigenvalue weighted by molar-refractivity contribution is -0.134. The topological polar surface area (TPSA) is 85.3 Å². The van der Waals surface area contributed by atoms with E-state index in [1.165, 1.54) is 13.2 Å². The third kappa shape index (κ3) is 6.49. The number of carboxylic acid groups (broad SMARTS) is 1. The SMILES string of the molecule is CCOc1ccc(CN(Cc2ccccc2)C(=O)COc2c(OC)cccc2C(=O)O)cc1. The summed E-state index contributed by atoms with van der Waals surface area (Å²) in [7, 11) is 1.42. The van der Waals surface area contributed by atoms with Crippen molar-refractivity contribution in [3.63, 3.8) is 0 Å². The first-order valence-corrected chi connectivity index (χ1v) is 10.6. The van der Waals surface area contributed by atoms with Gasteiger partial charge < -0.3 is 24.2 Å². The molecule has 172 valence electrons. The van der Waals surface area contributed by atoms with E-state index in [1.54, 1.807) is 17.0 Å². The van der Waals surface area contributed by atoms with E-state index < -0.39 is 5.97 Å². The maximum atomic E-state index is 13.2. The Kier molecular flexibility index (Phi) is 8.30. The number of benzene rings is 3. The van der Waals surface area contributed by atoms with Gasteiger partial charge in [0.2, 0.25) is 0 Å². The first-order valence-electron chi connectivity index (χ1n) is 10.6. The Labute approximate surface area is 193 Å². The molecule has 0 fully saturated rings. The lowest BCUT2D eigenvalue weighted by Crippen LogP contribution is -2.34. The van der Waals surface area contributed by atoms with Crippen molar-refractivity contribution in [2.75, 3.05) is 20.3 Å². The highest BCUT2D eigenvalue weighted by atomic mass is 16.5. The molecule has 0 atom stereocenters. The number of rotatable bonds is 11. The summed E-state index contributed by atoms with van der Waals surface area (Å²) in [6.45, 7) is 2.92. The van der Waals surface area contributed by atoms with Gasteiger partial charge >= 0.3 is 5.97 Å². The van der Waals surface area contributed by atoms with Crippen molar-refractivity contribution in [1.82, 2.24) is 4.90 Å². The van der Waals surface area contributed by atoms with Gasteiger partial charge in [-0.05, 0) is 42.3 Å². The van der Waals surface area contributed by atoms with Crippen molar-refractivity contribution >= 4 is 11.9 Å². The van der Waals surface area contributed by atoms with Crippen molar-refractivity contribution in [2.24, 2.45) is 0 Å². The summed E-state index contributed by atoms with van der Waals surface area (Å²) in [6, 6.07) is 21.8. The van der Waals surface area contributed by atoms with Crippen molar-refractivity contribution < 1.29 is 28.9 Å². The van der Waals surface area contributed by atoms with Gasteiger partial charge in [0.15, 0.2) is 18.1 Å². The highest BCUT2D eigenvalue weighted by Gasteiger charge is 2.20. The summed E-state index contributed by atoms with van der Waals surface area (Å²) in [6.07, 6.45) is 0. The monoisotopic (exact) mass is 449 g/mol. The molecule has 1 amide bonds. The van der Waals surface area contributed by atoms with Crippen molar-refractivity contribution in [1.29, 1.82) is 0 Å². The highest BCUT2D eigenvalue weighted by molar-refractivity contribution is 5.92. The van der Waals surface area contributed by atoms with E-state index in [-0.39, 0.29) is 29.6 Å². The Morgan fingerprint density at radius 3 is 2.12 bits per heavy atom. The van der Waals surface area contributed by atoms with Gasteiger partial charge in [-0.3, -0.25) is 4.79 Å². The van der Waals surface area contributed by atoms with Crippen LogP contribution in [0.2, 0.25) is 0 Å². The van der Waals surface area contributed by atoms with E-state index in [0.29, 0.717) is 19.7 Å². The number of hydrogen-bond acceptors (Lipinski definition) is 5. The van der Waals surface area contributed by atoms with E-state index in [2.05, 4.69) is 0 Å². The average Bonchev–Trinajstić information content (AvgIpc) is 2.83. The molecule has 7 nitrogen and oxygen atoms in total. The van der Waals surface area contributed by atoms with Gasteiger partial charge in [-0.25, -0.2) is 4.79 Å². The molecule has 0 saturated carbocycles. The summed E-state index contributed by atoms with van der Waals surface area (Å²) in [4.78, 5) is 26.4. The van der Waals surface area contributed by atoms with Crippen molar-refractivity contribution in [3.05, 3.63) is 89.5 Å². The van der Waals surface area contributed by atoms with Gasteiger partial charge in [-0.2, -0.15) is 0 Å². The van der Waals surface area contributed by atoms with Gasteiger partial charge in [0.25, 0.3) is 5.91 Å². The van der Waals surface area contributed by atoms with Crippen molar-refractivity contribution in [3.8, 4) is 17.2 Å². The molecular formula is C26H27NO6. The molecule has 33 heavy (non-hydrogen) atoms. The molecule has 3 aromatic carbocycles. The summed E-state index contributed by atoms with van der Waals surface area (Å²) >= 11 is 0. The van der Waals surface area contributed by atoms with E-state index in [1.807, 2.05) is 61.5 Å². The van der Waals surface area contributed by atoms with Crippen LogP contribution in [-0.4, -0.2) is 42.2 Å². The number of para-hydroxylation sites is 1. The van der Waals surface area contributed by atoms with Crippen LogP contribution in [0, 0.1) is 0 Å². The predicted molar refractivity (Wildman–Crippen MR) is 124 cm³/mol. The van der Waals surface area contributed by atoms with Gasteiger partial charge in [-0.1, -0.05) is 48.5 Å². The van der Waals surface area contributed by atoms with Crippen LogP contribution in [0.1, 0.15) is 28.4 Å². The smallest absolute Gasteiger partial charge is 0.339 e. The largest absolute Gasteiger partial charge is 0.494 e. The minimum absolute atomic E-state index is 0.0292. The zero-order valence-electron chi connectivity index (χ0n) is 18.7. The van der Waals surface area contributed by atoms with Crippen LogP contribution in [0.25, 0.3) is 0 Å². The molecular weight excluding hydrogens is 422 g/mol. The van der Waals surface area contributed by atoms with Crippen LogP contribution >= 0.6 is 0 Å². The second kappa shape index (κ2) is 11.6. The summed E-state index contributed by atoms with van der Waals surface area (Å²) in [5, 5.41) is 9.47. The molecule has 3 aromatic rings. The van der Waals surface area contributed by atoms with E-state index >= 15 is 0 Å². The number of carbonyl (C=O) groups excluding carboxylic acids is 1. The molecule has 0 aliphatic heterocycles. The third-order valence-electron chi connectivity index (χ3n) is 4.95. The molecule has 1 N–H and O–H groups in total. The van der Waals surface area contributed by atoms with Gasteiger partial charge in [0.05, 0.1) is 13.7 Å². The Balaban J connectivity index is 1.78. The summed E-state index contributed by atoms with van der Waals surface area (Å²) in [5.41, 5.74) is 1.84. The number of hydrogen-bond donors (Lipinski definition) is 1. The average molecular weight is 450 g/mol. The number of carboxylic acids is 1. The molecule has 0 heterocycles. The number of carbonyl (C=O) groups is 2. The molecule has 0 bridgehead atoms. The Bertz CT molecular complexity index is 1070. The second-order valence-electron chi connectivity index (χ2n) is 7.24. The number of amides is 1. The highest BCUT2D eigenvalue weighted by Crippen LogP contribution is 2.31. The van der Waals surface area contributed by atoms with Gasteiger partial charge in [0, 0.05) is 13.1 Å². The van der Waals surface area contributed by atoms with Gasteiger partial charge in [-0.15, -0.1) is 0 Å². The molecule has 0 aliphatic rings. The van der Waals surface area contributed by atoms with Gasteiger partial charge in [0.1, 0.15) is 11.3 Å². The third-order valence-corrected chi connectivity index (χ3v) is 4.95. The van der Waals surface area contributed by atoms with Crippen LogP contribution in [0.4, 0.5) is 0 Å². The van der Waals surface area contributed by atoms with E-state index in [9.17, 15) is 14.7 Å². The molecule has 7 heteroatoms. The second-order valence-corrected chi connectivity index (χ2v) is 7.24. The quantitative estimate of drug-likeness (QED) is 0.467. The molecule has 0 aromatic heterocycles. The van der Waals surface area contributed by atoms with Crippen LogP contribution in [-0.2, 0) is 17.9 Å². The maximum Gasteiger partial charge on any atom is 0.339 e. The van der Waals surface area contributed by atoms with Crippen LogP contribution < -0.4 is 14.2 Å². The number of aromatic carboxylic acids is 1. The first kappa shape index (κ1) is 23.7. The van der Waals surface area contributed by atoms with Crippen LogP contribution in [0.5, 0.6) is 17.2 Å². The van der Waals surface area contributed by atoms with E-state index in [4.69, 9.17) is 14.2 Å². The first-order chi connectivity index (χ1) is 16.0. The predicted octanol–water partition coefficient (Wildman–Crippen LogP) is 4.40. The minimum Gasteiger partial charge on any atom is -0.494 e. The number of ether oxygens (including phenoxy) is 3. The van der Waals surface area contributed by atoms with E-state index in [0.717, 1.165) is 16.9 Å². The van der Waals surface area contributed by atoms with Crippen molar-refractivity contribution in [2.45, 2.75) is 20.0 Å². The fraction of sp³-hybridized carbons (Fsp3) is 0.231. The minimum atomic E-state index is -1.16. The molecule has 0 saturated heterocycles. The molecule has 3 rings (SSSR count). The lowest BCUT2D eigenvalue weighted by atomic mass is 10.1. The zero-order chi connectivity index (χ0) is 23.6. The Morgan fingerprint density at radius 1 is 0.848 bits per heavy atom. The normalized spacial score (nSPS) is 10.4. The Hall–Kier alpha value is -4.00. The molecule has 0 aliphatic carbocycles. The number of nitrogens with zero attached hydrogens (tertiary/aromatic N) is 1. The fourth-order valence-corrected chi connectivity index (χ4v) is 3.33. The summed E-state index contributed by atoms with van der Waals surface area (Å²) < 4.78 is 16.4. The molecule has 0 spiro atoms. The summed E-state index contributed by atoms with van der Waals surface area (Å²) in [5.74, 6) is -0.393. The van der Waals surface area contributed by atoms with Crippen LogP contribution in [0.15, 0.2) is 72.8 Å². The lowest BCUT2D eigenvalue weighted by Gasteiger charge is -2.24. The fourth-order valence-electron chi connectivity index (χ4n) is 3.33. The molecule has 0 radical (unpaired) electrons. The number of methoxy groups -OCH3 is 1.